The molecule has 0 saturated heterocycles. The van der Waals surface area contributed by atoms with Crippen LogP contribution in [0.15, 0.2) is 45.5 Å². The first-order valence-electron chi connectivity index (χ1n) is 6.02. The van der Waals surface area contributed by atoms with Gasteiger partial charge in [0.1, 0.15) is 5.82 Å². The summed E-state index contributed by atoms with van der Waals surface area (Å²) in [5, 5.41) is 17.5. The highest BCUT2D eigenvalue weighted by Crippen LogP contribution is 2.22. The van der Waals surface area contributed by atoms with Crippen molar-refractivity contribution in [3.05, 3.63) is 62.6 Å². The second-order valence-corrected chi connectivity index (χ2v) is 5.09. The van der Waals surface area contributed by atoms with Crippen LogP contribution in [0.5, 0.6) is 0 Å². The molecule has 106 valence electrons. The molecule has 2 aromatic heterocycles. The standard InChI is InChI=1S/C13H9BrN4O3/c14-11-6-5-10(21-11)13-15-12(16-17-13)7-8-1-3-9(4-2-8)18(19)20/h1-6H,7H2,(H,15,16,17). The lowest BCUT2D eigenvalue weighted by molar-refractivity contribution is -0.384. The number of aromatic nitrogens is 3. The highest BCUT2D eigenvalue weighted by molar-refractivity contribution is 9.10. The Labute approximate surface area is 127 Å². The van der Waals surface area contributed by atoms with Crippen LogP contribution in [0, 0.1) is 10.1 Å². The van der Waals surface area contributed by atoms with Gasteiger partial charge in [0.15, 0.2) is 10.4 Å². The van der Waals surface area contributed by atoms with Crippen LogP contribution < -0.4 is 0 Å². The van der Waals surface area contributed by atoms with Gasteiger partial charge in [-0.2, -0.15) is 5.10 Å². The molecule has 7 nitrogen and oxygen atoms in total. The van der Waals surface area contributed by atoms with Gasteiger partial charge < -0.3 is 4.42 Å². The number of hydrogen-bond donors (Lipinski definition) is 1. The van der Waals surface area contributed by atoms with Crippen LogP contribution in [-0.2, 0) is 6.42 Å². The molecule has 0 aliphatic rings. The van der Waals surface area contributed by atoms with Crippen molar-refractivity contribution >= 4 is 21.6 Å². The highest BCUT2D eigenvalue weighted by Gasteiger charge is 2.11. The van der Waals surface area contributed by atoms with Gasteiger partial charge in [-0.15, -0.1) is 0 Å². The summed E-state index contributed by atoms with van der Waals surface area (Å²) in [5.41, 5.74) is 0.973. The van der Waals surface area contributed by atoms with Crippen molar-refractivity contribution in [1.82, 2.24) is 15.2 Å². The fourth-order valence-corrected chi connectivity index (χ4v) is 2.15. The molecule has 1 aromatic carbocycles. The maximum atomic E-state index is 10.6. The van der Waals surface area contributed by atoms with Gasteiger partial charge in [0, 0.05) is 18.6 Å². The number of nitro benzene ring substituents is 1. The molecule has 0 unspecified atom stereocenters. The average Bonchev–Trinajstić information content (AvgIpc) is 3.08. The number of nitrogens with zero attached hydrogens (tertiary/aromatic N) is 3. The number of rotatable bonds is 4. The average molecular weight is 349 g/mol. The van der Waals surface area contributed by atoms with E-state index in [9.17, 15) is 10.1 Å². The number of furan rings is 1. The molecule has 3 aromatic rings. The Bertz CT molecular complexity index is 779. The van der Waals surface area contributed by atoms with Gasteiger partial charge in [0.25, 0.3) is 5.69 Å². The Hall–Kier alpha value is -2.48. The van der Waals surface area contributed by atoms with E-state index in [2.05, 4.69) is 31.1 Å². The van der Waals surface area contributed by atoms with E-state index in [-0.39, 0.29) is 5.69 Å². The maximum absolute atomic E-state index is 10.6. The van der Waals surface area contributed by atoms with Gasteiger partial charge in [0.2, 0.25) is 5.82 Å². The van der Waals surface area contributed by atoms with Crippen LogP contribution in [0.4, 0.5) is 5.69 Å². The van der Waals surface area contributed by atoms with Crippen molar-refractivity contribution in [1.29, 1.82) is 0 Å². The first kappa shape index (κ1) is 13.5. The molecule has 0 atom stereocenters. The quantitative estimate of drug-likeness (QED) is 0.575. The Morgan fingerprint density at radius 3 is 2.62 bits per heavy atom. The number of hydrogen-bond acceptors (Lipinski definition) is 5. The summed E-state index contributed by atoms with van der Waals surface area (Å²) in [5.74, 6) is 1.69. The van der Waals surface area contributed by atoms with E-state index >= 15 is 0 Å². The van der Waals surface area contributed by atoms with E-state index in [0.29, 0.717) is 28.5 Å². The van der Waals surface area contributed by atoms with Crippen molar-refractivity contribution in [3.8, 4) is 11.6 Å². The lowest BCUT2D eigenvalue weighted by atomic mass is 10.1. The lowest BCUT2D eigenvalue weighted by Crippen LogP contribution is -1.92. The molecule has 1 N–H and O–H groups in total. The Balaban J connectivity index is 1.76. The Kier molecular flexibility index (Phi) is 3.53. The topological polar surface area (TPSA) is 97.8 Å². The minimum Gasteiger partial charge on any atom is -0.446 e. The van der Waals surface area contributed by atoms with Gasteiger partial charge in [-0.05, 0) is 33.6 Å². The Morgan fingerprint density at radius 1 is 1.24 bits per heavy atom. The van der Waals surface area contributed by atoms with Crippen LogP contribution in [-0.4, -0.2) is 20.1 Å². The number of nitro groups is 1. The van der Waals surface area contributed by atoms with Crippen LogP contribution in [0.3, 0.4) is 0 Å². The molecule has 0 aliphatic heterocycles. The summed E-state index contributed by atoms with van der Waals surface area (Å²) in [7, 11) is 0. The molecule has 0 saturated carbocycles. The first-order valence-corrected chi connectivity index (χ1v) is 6.81. The predicted molar refractivity (Wildman–Crippen MR) is 77.7 cm³/mol. The molecule has 0 amide bonds. The van der Waals surface area contributed by atoms with E-state index in [1.54, 1.807) is 24.3 Å². The van der Waals surface area contributed by atoms with Crippen LogP contribution in [0.2, 0.25) is 0 Å². The molecular weight excluding hydrogens is 340 g/mol. The maximum Gasteiger partial charge on any atom is 0.269 e. The van der Waals surface area contributed by atoms with E-state index in [1.807, 2.05) is 0 Å². The van der Waals surface area contributed by atoms with Crippen LogP contribution in [0.25, 0.3) is 11.6 Å². The van der Waals surface area contributed by atoms with Crippen molar-refractivity contribution in [3.63, 3.8) is 0 Å². The monoisotopic (exact) mass is 348 g/mol. The smallest absolute Gasteiger partial charge is 0.269 e. The molecule has 0 spiro atoms. The zero-order valence-electron chi connectivity index (χ0n) is 10.6. The van der Waals surface area contributed by atoms with E-state index in [1.165, 1.54) is 12.1 Å². The summed E-state index contributed by atoms with van der Waals surface area (Å²) in [4.78, 5) is 14.5. The SMILES string of the molecule is O=[N+]([O-])c1ccc(Cc2nc(-c3ccc(Br)o3)n[nH]2)cc1. The number of benzene rings is 1. The fourth-order valence-electron chi connectivity index (χ4n) is 1.85. The highest BCUT2D eigenvalue weighted by atomic mass is 79.9. The number of H-pyrrole nitrogens is 1. The molecule has 3 rings (SSSR count). The van der Waals surface area contributed by atoms with Gasteiger partial charge in [-0.1, -0.05) is 12.1 Å². The Morgan fingerprint density at radius 2 is 2.00 bits per heavy atom. The lowest BCUT2D eigenvalue weighted by Gasteiger charge is -1.97. The van der Waals surface area contributed by atoms with E-state index in [0.717, 1.165) is 5.56 Å². The van der Waals surface area contributed by atoms with Gasteiger partial charge in [-0.3, -0.25) is 15.2 Å². The number of aromatic amines is 1. The zero-order chi connectivity index (χ0) is 14.8. The van der Waals surface area contributed by atoms with Crippen LogP contribution in [0.1, 0.15) is 11.4 Å². The normalized spacial score (nSPS) is 10.7. The van der Waals surface area contributed by atoms with Crippen molar-refractivity contribution in [2.75, 3.05) is 0 Å². The number of non-ortho nitro benzene ring substituents is 1. The van der Waals surface area contributed by atoms with Gasteiger partial charge >= 0.3 is 0 Å². The predicted octanol–water partition coefficient (Wildman–Crippen LogP) is 3.33. The van der Waals surface area contributed by atoms with Crippen LogP contribution >= 0.6 is 15.9 Å². The van der Waals surface area contributed by atoms with E-state index < -0.39 is 4.92 Å². The largest absolute Gasteiger partial charge is 0.446 e. The summed E-state index contributed by atoms with van der Waals surface area (Å²) in [6.45, 7) is 0. The minimum absolute atomic E-state index is 0.0671. The summed E-state index contributed by atoms with van der Waals surface area (Å²) < 4.78 is 5.98. The number of halogens is 1. The molecule has 0 bridgehead atoms. The van der Waals surface area contributed by atoms with E-state index in [4.69, 9.17) is 4.42 Å². The third kappa shape index (κ3) is 3.00. The van der Waals surface area contributed by atoms with Crippen molar-refractivity contribution in [2.45, 2.75) is 6.42 Å². The van der Waals surface area contributed by atoms with Gasteiger partial charge in [-0.25, -0.2) is 4.98 Å². The molecule has 0 fully saturated rings. The van der Waals surface area contributed by atoms with Crippen molar-refractivity contribution < 1.29 is 9.34 Å². The zero-order valence-corrected chi connectivity index (χ0v) is 12.2. The van der Waals surface area contributed by atoms with Crippen molar-refractivity contribution in [2.24, 2.45) is 0 Å². The first-order chi connectivity index (χ1) is 10.1. The third-order valence-corrected chi connectivity index (χ3v) is 3.27. The molecule has 0 radical (unpaired) electrons. The second kappa shape index (κ2) is 5.49. The fraction of sp³-hybridized carbons (Fsp3) is 0.0769. The summed E-state index contributed by atoms with van der Waals surface area (Å²) >= 11 is 3.22. The minimum atomic E-state index is -0.425. The molecule has 0 aliphatic carbocycles. The molecule has 8 heteroatoms. The second-order valence-electron chi connectivity index (χ2n) is 4.31. The molecule has 21 heavy (non-hydrogen) atoms. The van der Waals surface area contributed by atoms with Gasteiger partial charge in [0.05, 0.1) is 4.92 Å². The number of nitrogens with one attached hydrogen (secondary N) is 1. The third-order valence-electron chi connectivity index (χ3n) is 2.84. The molecule has 2 heterocycles. The summed E-state index contributed by atoms with van der Waals surface area (Å²) in [6.07, 6.45) is 0.507. The summed E-state index contributed by atoms with van der Waals surface area (Å²) in [6, 6.07) is 9.87. The molecular formula is C13H9BrN4O3.